The second-order valence-corrected chi connectivity index (χ2v) is 5.44. The molecule has 4 rings (SSSR count). The third-order valence-corrected chi connectivity index (χ3v) is 4.51. The number of para-hydroxylation sites is 1. The number of hydrogen-bond donors (Lipinski definition) is 0. The van der Waals surface area contributed by atoms with Gasteiger partial charge in [-0.2, -0.15) is 0 Å². The van der Waals surface area contributed by atoms with Gasteiger partial charge in [0.05, 0.1) is 11.8 Å². The molecule has 0 N–H and O–H groups in total. The highest BCUT2D eigenvalue weighted by molar-refractivity contribution is 5.55. The lowest BCUT2D eigenvalue weighted by Crippen LogP contribution is -2.38. The van der Waals surface area contributed by atoms with Gasteiger partial charge in [-0.1, -0.05) is 31.0 Å². The van der Waals surface area contributed by atoms with Crippen molar-refractivity contribution in [2.24, 2.45) is 0 Å². The van der Waals surface area contributed by atoms with Crippen molar-refractivity contribution in [2.75, 3.05) is 4.90 Å². The molecule has 18 heavy (non-hydrogen) atoms. The summed E-state index contributed by atoms with van der Waals surface area (Å²) in [6.45, 7) is 0.996. The van der Waals surface area contributed by atoms with E-state index in [9.17, 15) is 0 Å². The fourth-order valence-corrected chi connectivity index (χ4v) is 3.72. The Hall–Kier alpha value is -1.70. The highest BCUT2D eigenvalue weighted by Crippen LogP contribution is 2.52. The van der Waals surface area contributed by atoms with Gasteiger partial charge < -0.3 is 9.32 Å². The molecule has 2 aliphatic rings. The van der Waals surface area contributed by atoms with Gasteiger partial charge in [0.1, 0.15) is 5.76 Å². The molecular weight excluding hydrogens is 222 g/mol. The summed E-state index contributed by atoms with van der Waals surface area (Å²) < 4.78 is 5.82. The van der Waals surface area contributed by atoms with Gasteiger partial charge in [-0.15, -0.1) is 0 Å². The van der Waals surface area contributed by atoms with Crippen molar-refractivity contribution >= 4 is 5.69 Å². The summed E-state index contributed by atoms with van der Waals surface area (Å²) in [7, 11) is 0. The largest absolute Gasteiger partial charge is 0.466 e. The molecule has 0 bridgehead atoms. The van der Waals surface area contributed by atoms with Crippen LogP contribution in [-0.4, -0.2) is 0 Å². The Morgan fingerprint density at radius 2 is 1.78 bits per heavy atom. The van der Waals surface area contributed by atoms with Gasteiger partial charge in [0, 0.05) is 17.8 Å². The van der Waals surface area contributed by atoms with E-state index >= 15 is 0 Å². The molecule has 0 saturated heterocycles. The zero-order valence-corrected chi connectivity index (χ0v) is 10.4. The molecule has 92 valence electrons. The molecule has 1 spiro atoms. The molecule has 0 atom stereocenters. The highest BCUT2D eigenvalue weighted by Gasteiger charge is 2.49. The summed E-state index contributed by atoms with van der Waals surface area (Å²) in [6, 6.07) is 12.9. The zero-order valence-electron chi connectivity index (χ0n) is 10.4. The summed E-state index contributed by atoms with van der Waals surface area (Å²) in [5.41, 5.74) is 2.84. The number of nitrogens with zero attached hydrogens (tertiary/aromatic N) is 1. The number of anilines is 1. The summed E-state index contributed by atoms with van der Waals surface area (Å²) in [4.78, 5) is 2.55. The topological polar surface area (TPSA) is 16.4 Å². The number of benzene rings is 1. The van der Waals surface area contributed by atoms with E-state index in [0.717, 1.165) is 6.54 Å². The van der Waals surface area contributed by atoms with Gasteiger partial charge in [0.2, 0.25) is 0 Å². The SMILES string of the molecule is c1ccc(N2Cc3ccoc3C23CCCC3)cc1. The summed E-state index contributed by atoms with van der Waals surface area (Å²) in [5, 5.41) is 0. The van der Waals surface area contributed by atoms with E-state index in [0.29, 0.717) is 0 Å². The normalized spacial score (nSPS) is 20.6. The molecule has 0 radical (unpaired) electrons. The van der Waals surface area contributed by atoms with Crippen LogP contribution < -0.4 is 4.90 Å². The van der Waals surface area contributed by atoms with Crippen molar-refractivity contribution in [2.45, 2.75) is 37.8 Å². The molecule has 1 saturated carbocycles. The van der Waals surface area contributed by atoms with E-state index < -0.39 is 0 Å². The number of furan rings is 1. The molecule has 1 aromatic carbocycles. The van der Waals surface area contributed by atoms with E-state index in [1.165, 1.54) is 42.7 Å². The van der Waals surface area contributed by atoms with Crippen LogP contribution in [0.1, 0.15) is 37.0 Å². The van der Waals surface area contributed by atoms with E-state index in [4.69, 9.17) is 4.42 Å². The van der Waals surface area contributed by atoms with Gasteiger partial charge in [-0.05, 0) is 31.0 Å². The Balaban J connectivity index is 1.84. The van der Waals surface area contributed by atoms with Crippen molar-refractivity contribution in [1.29, 1.82) is 0 Å². The van der Waals surface area contributed by atoms with E-state index in [1.807, 2.05) is 6.26 Å². The van der Waals surface area contributed by atoms with Gasteiger partial charge >= 0.3 is 0 Å². The molecule has 2 nitrogen and oxygen atoms in total. The van der Waals surface area contributed by atoms with Crippen LogP contribution >= 0.6 is 0 Å². The van der Waals surface area contributed by atoms with Crippen molar-refractivity contribution in [3.05, 3.63) is 54.0 Å². The highest BCUT2D eigenvalue weighted by atomic mass is 16.3. The molecule has 0 amide bonds. The Morgan fingerprint density at radius 3 is 2.56 bits per heavy atom. The Morgan fingerprint density at radius 1 is 1.00 bits per heavy atom. The minimum Gasteiger partial charge on any atom is -0.466 e. The van der Waals surface area contributed by atoms with Crippen LogP contribution in [0.4, 0.5) is 5.69 Å². The lowest BCUT2D eigenvalue weighted by Gasteiger charge is -2.36. The third kappa shape index (κ3) is 1.23. The zero-order chi connectivity index (χ0) is 12.0. The third-order valence-electron chi connectivity index (χ3n) is 4.51. The second kappa shape index (κ2) is 3.64. The monoisotopic (exact) mass is 239 g/mol. The molecule has 1 fully saturated rings. The average molecular weight is 239 g/mol. The van der Waals surface area contributed by atoms with Crippen molar-refractivity contribution in [3.63, 3.8) is 0 Å². The van der Waals surface area contributed by atoms with Gasteiger partial charge in [-0.25, -0.2) is 0 Å². The van der Waals surface area contributed by atoms with E-state index in [-0.39, 0.29) is 5.54 Å². The first-order valence-corrected chi connectivity index (χ1v) is 6.80. The molecule has 2 heteroatoms. The smallest absolute Gasteiger partial charge is 0.134 e. The van der Waals surface area contributed by atoms with Crippen LogP contribution in [0.25, 0.3) is 0 Å². The lowest BCUT2D eigenvalue weighted by molar-refractivity contribution is 0.346. The fraction of sp³-hybridized carbons (Fsp3) is 0.375. The molecule has 1 aromatic heterocycles. The average Bonchev–Trinajstić information content (AvgIpc) is 3.11. The fourth-order valence-electron chi connectivity index (χ4n) is 3.72. The maximum atomic E-state index is 5.82. The van der Waals surface area contributed by atoms with Crippen molar-refractivity contribution < 1.29 is 4.42 Å². The second-order valence-electron chi connectivity index (χ2n) is 5.44. The van der Waals surface area contributed by atoms with Gasteiger partial charge in [0.15, 0.2) is 0 Å². The standard InChI is InChI=1S/C16H17NO/c1-2-6-14(7-3-1)17-12-13-8-11-18-15(13)16(17)9-4-5-10-16/h1-3,6-8,11H,4-5,9-10,12H2. The molecular formula is C16H17NO. The van der Waals surface area contributed by atoms with Crippen LogP contribution in [0.2, 0.25) is 0 Å². The van der Waals surface area contributed by atoms with Crippen molar-refractivity contribution in [1.82, 2.24) is 0 Å². The first-order chi connectivity index (χ1) is 8.90. The maximum Gasteiger partial charge on any atom is 0.134 e. The quantitative estimate of drug-likeness (QED) is 0.746. The predicted molar refractivity (Wildman–Crippen MR) is 71.5 cm³/mol. The maximum absolute atomic E-state index is 5.82. The Kier molecular flexibility index (Phi) is 2.07. The van der Waals surface area contributed by atoms with Crippen LogP contribution in [0.5, 0.6) is 0 Å². The van der Waals surface area contributed by atoms with Crippen LogP contribution in [0, 0.1) is 0 Å². The minimum absolute atomic E-state index is 0.139. The van der Waals surface area contributed by atoms with Crippen LogP contribution in [0.3, 0.4) is 0 Å². The summed E-state index contributed by atoms with van der Waals surface area (Å²) in [6.07, 6.45) is 6.92. The molecule has 2 heterocycles. The van der Waals surface area contributed by atoms with Gasteiger partial charge in [-0.3, -0.25) is 0 Å². The van der Waals surface area contributed by atoms with Crippen molar-refractivity contribution in [3.8, 4) is 0 Å². The van der Waals surface area contributed by atoms with E-state index in [2.05, 4.69) is 41.3 Å². The Bertz CT molecular complexity index is 551. The first-order valence-electron chi connectivity index (χ1n) is 6.80. The predicted octanol–water partition coefficient (Wildman–Crippen LogP) is 4.07. The first kappa shape index (κ1) is 10.2. The summed E-state index contributed by atoms with van der Waals surface area (Å²) >= 11 is 0. The molecule has 2 aromatic rings. The number of rotatable bonds is 1. The summed E-state index contributed by atoms with van der Waals surface area (Å²) in [5.74, 6) is 1.23. The Labute approximate surface area is 107 Å². The molecule has 1 aliphatic carbocycles. The van der Waals surface area contributed by atoms with E-state index in [1.54, 1.807) is 0 Å². The lowest BCUT2D eigenvalue weighted by atomic mass is 9.94. The molecule has 0 unspecified atom stereocenters. The molecule has 1 aliphatic heterocycles. The van der Waals surface area contributed by atoms with Crippen LogP contribution in [-0.2, 0) is 12.1 Å². The number of hydrogen-bond acceptors (Lipinski definition) is 2. The van der Waals surface area contributed by atoms with Crippen LogP contribution in [0.15, 0.2) is 47.1 Å². The number of fused-ring (bicyclic) bond motifs is 2. The minimum atomic E-state index is 0.139. The van der Waals surface area contributed by atoms with Gasteiger partial charge in [0.25, 0.3) is 0 Å².